The van der Waals surface area contributed by atoms with Crippen LogP contribution in [0.3, 0.4) is 0 Å². The summed E-state index contributed by atoms with van der Waals surface area (Å²) >= 11 is 0. The first-order valence-electron chi connectivity index (χ1n) is 8.08. The Balaban J connectivity index is 2.15. The Bertz CT molecular complexity index is 784. The van der Waals surface area contributed by atoms with Gasteiger partial charge in [-0.1, -0.05) is 35.9 Å². The van der Waals surface area contributed by atoms with Crippen molar-refractivity contribution in [1.82, 2.24) is 4.98 Å². The smallest absolute Gasteiger partial charge is 0.0500 e. The molecule has 2 heteroatoms. The molecule has 0 bridgehead atoms. The molecule has 0 radical (unpaired) electrons. The van der Waals surface area contributed by atoms with E-state index in [-0.39, 0.29) is 0 Å². The average Bonchev–Trinajstić information content (AvgIpc) is 2.86. The lowest BCUT2D eigenvalue weighted by atomic mass is 9.97. The van der Waals surface area contributed by atoms with Crippen LogP contribution in [0.15, 0.2) is 42.5 Å². The van der Waals surface area contributed by atoms with Crippen molar-refractivity contribution >= 4 is 10.9 Å². The third-order valence-electron chi connectivity index (χ3n) is 4.36. The van der Waals surface area contributed by atoms with E-state index in [1.807, 2.05) is 0 Å². The number of aryl methyl sites for hydroxylation is 3. The normalized spacial score (nSPS) is 11.2. The molecule has 0 aliphatic heterocycles. The van der Waals surface area contributed by atoms with Crippen LogP contribution in [0, 0.1) is 13.8 Å². The summed E-state index contributed by atoms with van der Waals surface area (Å²) in [4.78, 5) is 3.64. The first-order chi connectivity index (χ1) is 10.7. The third kappa shape index (κ3) is 2.79. The van der Waals surface area contributed by atoms with Gasteiger partial charge < -0.3 is 10.7 Å². The largest absolute Gasteiger partial charge is 0.354 e. The predicted molar refractivity (Wildman–Crippen MR) is 95.2 cm³/mol. The van der Waals surface area contributed by atoms with Crippen LogP contribution in [-0.4, -0.2) is 11.5 Å². The molecule has 2 nitrogen and oxygen atoms in total. The number of aromatic amines is 1. The lowest BCUT2D eigenvalue weighted by Crippen LogP contribution is -1.99. The molecule has 0 spiro atoms. The van der Waals surface area contributed by atoms with Crippen molar-refractivity contribution < 1.29 is 0 Å². The first kappa shape index (κ1) is 14.9. The molecule has 1 aromatic heterocycles. The van der Waals surface area contributed by atoms with Crippen molar-refractivity contribution in [3.8, 4) is 11.3 Å². The van der Waals surface area contributed by atoms with Crippen LogP contribution in [0.1, 0.15) is 29.5 Å². The molecule has 114 valence electrons. The molecule has 0 saturated carbocycles. The molecule has 3 aromatic rings. The van der Waals surface area contributed by atoms with E-state index >= 15 is 0 Å². The molecule has 22 heavy (non-hydrogen) atoms. The van der Waals surface area contributed by atoms with E-state index in [0.717, 1.165) is 25.8 Å². The van der Waals surface area contributed by atoms with E-state index < -0.39 is 0 Å². The van der Waals surface area contributed by atoms with Gasteiger partial charge in [0.2, 0.25) is 0 Å². The molecule has 0 aliphatic rings. The minimum atomic E-state index is 0.765. The van der Waals surface area contributed by atoms with Crippen molar-refractivity contribution in [3.05, 3.63) is 59.2 Å². The summed E-state index contributed by atoms with van der Waals surface area (Å²) < 4.78 is 0. The van der Waals surface area contributed by atoms with Gasteiger partial charge in [-0.3, -0.25) is 0 Å². The standard InChI is InChI=1S/C20H24N2/c1-14-10-11-19-18(13-14)17(9-5-6-12-21)20(22-19)16-8-4-3-7-15(16)2/h3-4,7-8,10-11,13,22H,5-6,9,12,21H2,1-2H3. The molecule has 0 amide bonds. The predicted octanol–water partition coefficient (Wildman–Crippen LogP) is 4.73. The van der Waals surface area contributed by atoms with Crippen LogP contribution < -0.4 is 5.73 Å². The fourth-order valence-electron chi connectivity index (χ4n) is 3.15. The van der Waals surface area contributed by atoms with E-state index in [1.165, 1.54) is 38.9 Å². The number of hydrogen-bond acceptors (Lipinski definition) is 1. The Morgan fingerprint density at radius 1 is 1.00 bits per heavy atom. The molecule has 3 N–H and O–H groups in total. The highest BCUT2D eigenvalue weighted by molar-refractivity contribution is 5.91. The summed E-state index contributed by atoms with van der Waals surface area (Å²) in [5.74, 6) is 0. The number of rotatable bonds is 5. The van der Waals surface area contributed by atoms with Gasteiger partial charge in [0.25, 0.3) is 0 Å². The van der Waals surface area contributed by atoms with Crippen molar-refractivity contribution in [2.75, 3.05) is 6.54 Å². The fraction of sp³-hybridized carbons (Fsp3) is 0.300. The summed E-state index contributed by atoms with van der Waals surface area (Å²) in [6.45, 7) is 5.10. The zero-order chi connectivity index (χ0) is 15.5. The number of H-pyrrole nitrogens is 1. The lowest BCUT2D eigenvalue weighted by molar-refractivity contribution is 0.748. The zero-order valence-corrected chi connectivity index (χ0v) is 13.4. The van der Waals surface area contributed by atoms with Crippen molar-refractivity contribution in [3.63, 3.8) is 0 Å². The van der Waals surface area contributed by atoms with Crippen molar-refractivity contribution in [2.45, 2.75) is 33.1 Å². The number of hydrogen-bond donors (Lipinski definition) is 2. The second kappa shape index (κ2) is 6.37. The van der Waals surface area contributed by atoms with E-state index in [0.29, 0.717) is 0 Å². The molecule has 0 atom stereocenters. The fourth-order valence-corrected chi connectivity index (χ4v) is 3.15. The molecule has 0 saturated heterocycles. The Labute approximate surface area is 132 Å². The number of nitrogens with two attached hydrogens (primary N) is 1. The van der Waals surface area contributed by atoms with Crippen LogP contribution in [0.25, 0.3) is 22.2 Å². The van der Waals surface area contributed by atoms with Gasteiger partial charge in [0.1, 0.15) is 0 Å². The van der Waals surface area contributed by atoms with Crippen LogP contribution >= 0.6 is 0 Å². The highest BCUT2D eigenvalue weighted by Crippen LogP contribution is 2.33. The van der Waals surface area contributed by atoms with E-state index in [9.17, 15) is 0 Å². The average molecular weight is 292 g/mol. The van der Waals surface area contributed by atoms with Crippen molar-refractivity contribution in [1.29, 1.82) is 0 Å². The highest BCUT2D eigenvalue weighted by atomic mass is 14.7. The molecule has 3 rings (SSSR count). The minimum Gasteiger partial charge on any atom is -0.354 e. The van der Waals surface area contributed by atoms with Gasteiger partial charge in [-0.2, -0.15) is 0 Å². The van der Waals surface area contributed by atoms with Gasteiger partial charge in [-0.25, -0.2) is 0 Å². The maximum atomic E-state index is 5.67. The number of unbranched alkanes of at least 4 members (excludes halogenated alkanes) is 1. The van der Waals surface area contributed by atoms with Gasteiger partial charge in [-0.15, -0.1) is 0 Å². The van der Waals surface area contributed by atoms with Crippen LogP contribution in [0.2, 0.25) is 0 Å². The molecule has 0 fully saturated rings. The van der Waals surface area contributed by atoms with Gasteiger partial charge in [0.05, 0.1) is 0 Å². The summed E-state index contributed by atoms with van der Waals surface area (Å²) in [5, 5.41) is 1.36. The molecular formula is C20H24N2. The number of nitrogens with one attached hydrogen (secondary N) is 1. The number of benzene rings is 2. The Morgan fingerprint density at radius 2 is 1.82 bits per heavy atom. The van der Waals surface area contributed by atoms with Gasteiger partial charge in [-0.05, 0) is 62.9 Å². The van der Waals surface area contributed by atoms with Crippen LogP contribution in [-0.2, 0) is 6.42 Å². The monoisotopic (exact) mass is 292 g/mol. The second-order valence-electron chi connectivity index (χ2n) is 6.09. The molecular weight excluding hydrogens is 268 g/mol. The molecule has 2 aromatic carbocycles. The second-order valence-corrected chi connectivity index (χ2v) is 6.09. The summed E-state index contributed by atoms with van der Waals surface area (Å²) in [5.41, 5.74) is 13.5. The topological polar surface area (TPSA) is 41.8 Å². The summed E-state index contributed by atoms with van der Waals surface area (Å²) in [6.07, 6.45) is 3.28. The summed E-state index contributed by atoms with van der Waals surface area (Å²) in [6, 6.07) is 15.3. The Hall–Kier alpha value is -2.06. The maximum absolute atomic E-state index is 5.67. The van der Waals surface area contributed by atoms with E-state index in [2.05, 4.69) is 61.3 Å². The Morgan fingerprint density at radius 3 is 2.59 bits per heavy atom. The van der Waals surface area contributed by atoms with Gasteiger partial charge in [0, 0.05) is 22.2 Å². The summed E-state index contributed by atoms with van der Waals surface area (Å²) in [7, 11) is 0. The quantitative estimate of drug-likeness (QED) is 0.656. The van der Waals surface area contributed by atoms with E-state index in [1.54, 1.807) is 0 Å². The SMILES string of the molecule is Cc1ccc2[nH]c(-c3ccccc3C)c(CCCCN)c2c1. The minimum absolute atomic E-state index is 0.765. The lowest BCUT2D eigenvalue weighted by Gasteiger charge is -2.08. The highest BCUT2D eigenvalue weighted by Gasteiger charge is 2.14. The molecule has 0 aliphatic carbocycles. The van der Waals surface area contributed by atoms with Gasteiger partial charge in [0.15, 0.2) is 0 Å². The van der Waals surface area contributed by atoms with E-state index in [4.69, 9.17) is 5.73 Å². The van der Waals surface area contributed by atoms with Crippen LogP contribution in [0.5, 0.6) is 0 Å². The third-order valence-corrected chi connectivity index (χ3v) is 4.36. The molecule has 1 heterocycles. The zero-order valence-electron chi connectivity index (χ0n) is 13.4. The van der Waals surface area contributed by atoms with Crippen LogP contribution in [0.4, 0.5) is 0 Å². The van der Waals surface area contributed by atoms with Crippen molar-refractivity contribution in [2.24, 2.45) is 5.73 Å². The number of aromatic nitrogens is 1. The first-order valence-corrected chi connectivity index (χ1v) is 8.08. The maximum Gasteiger partial charge on any atom is 0.0500 e. The number of fused-ring (bicyclic) bond motifs is 1. The van der Waals surface area contributed by atoms with Gasteiger partial charge >= 0.3 is 0 Å². The Kier molecular flexibility index (Phi) is 4.30. The molecule has 0 unspecified atom stereocenters.